The molecule has 0 aromatic heterocycles. The summed E-state index contributed by atoms with van der Waals surface area (Å²) in [6.07, 6.45) is -0.254. The second-order valence-corrected chi connectivity index (χ2v) is 4.33. The van der Waals surface area contributed by atoms with Crippen molar-refractivity contribution >= 4 is 11.8 Å². The minimum Gasteiger partial charge on any atom is -0.392 e. The number of benzene rings is 1. The third-order valence-corrected chi connectivity index (χ3v) is 3.05. The van der Waals surface area contributed by atoms with Crippen LogP contribution in [0.25, 0.3) is 0 Å². The van der Waals surface area contributed by atoms with E-state index in [-0.39, 0.29) is 11.4 Å². The molecule has 1 aromatic rings. The lowest BCUT2D eigenvalue weighted by molar-refractivity contribution is 0.196. The fraction of sp³-hybridized carbons (Fsp3) is 0.400. The van der Waals surface area contributed by atoms with Crippen LogP contribution in [0.1, 0.15) is 13.8 Å². The van der Waals surface area contributed by atoms with Crippen LogP contribution >= 0.6 is 11.8 Å². The molecule has 0 saturated heterocycles. The fourth-order valence-corrected chi connectivity index (χ4v) is 1.75. The van der Waals surface area contributed by atoms with Gasteiger partial charge in [0.2, 0.25) is 0 Å². The lowest BCUT2D eigenvalue weighted by Gasteiger charge is -2.13. The van der Waals surface area contributed by atoms with Gasteiger partial charge in [0.1, 0.15) is 0 Å². The van der Waals surface area contributed by atoms with Crippen molar-refractivity contribution in [2.24, 2.45) is 0 Å². The maximum Gasteiger partial charge on any atom is 0.0631 e. The molecule has 66 valence electrons. The van der Waals surface area contributed by atoms with Crippen LogP contribution in [0.3, 0.4) is 0 Å². The number of thioether (sulfide) groups is 1. The van der Waals surface area contributed by atoms with Crippen molar-refractivity contribution in [2.45, 2.75) is 30.1 Å². The molecule has 0 radical (unpaired) electrons. The summed E-state index contributed by atoms with van der Waals surface area (Å²) < 4.78 is 0. The number of hydrogen-bond acceptors (Lipinski definition) is 2. The number of rotatable bonds is 3. The summed E-state index contributed by atoms with van der Waals surface area (Å²) in [5.41, 5.74) is 0. The highest BCUT2D eigenvalue weighted by Gasteiger charge is 2.09. The van der Waals surface area contributed by atoms with Crippen LogP contribution in [0.5, 0.6) is 0 Å². The Labute approximate surface area is 77.8 Å². The highest BCUT2D eigenvalue weighted by molar-refractivity contribution is 8.00. The average molecular weight is 182 g/mol. The molecule has 0 amide bonds. The van der Waals surface area contributed by atoms with Gasteiger partial charge in [0.15, 0.2) is 0 Å². The summed E-state index contributed by atoms with van der Waals surface area (Å²) in [4.78, 5) is 1.21. The van der Waals surface area contributed by atoms with E-state index in [1.165, 1.54) is 4.90 Å². The molecule has 0 unspecified atom stereocenters. The van der Waals surface area contributed by atoms with Gasteiger partial charge in [-0.2, -0.15) is 0 Å². The maximum atomic E-state index is 9.26. The third kappa shape index (κ3) is 2.88. The van der Waals surface area contributed by atoms with Gasteiger partial charge in [0.05, 0.1) is 6.10 Å². The van der Waals surface area contributed by atoms with E-state index < -0.39 is 0 Å². The lowest BCUT2D eigenvalue weighted by atomic mass is 10.3. The van der Waals surface area contributed by atoms with E-state index >= 15 is 0 Å². The number of aliphatic hydroxyl groups excluding tert-OH is 1. The van der Waals surface area contributed by atoms with Crippen LogP contribution in [0.15, 0.2) is 35.2 Å². The maximum absolute atomic E-state index is 9.26. The van der Waals surface area contributed by atoms with Gasteiger partial charge in [0.25, 0.3) is 0 Å². The van der Waals surface area contributed by atoms with E-state index in [1.54, 1.807) is 11.8 Å². The lowest BCUT2D eigenvalue weighted by Crippen LogP contribution is -2.14. The van der Waals surface area contributed by atoms with Crippen molar-refractivity contribution in [3.8, 4) is 0 Å². The summed E-state index contributed by atoms with van der Waals surface area (Å²) >= 11 is 1.70. The molecule has 12 heavy (non-hydrogen) atoms. The van der Waals surface area contributed by atoms with Gasteiger partial charge in [-0.1, -0.05) is 25.1 Å². The Kier molecular flexibility index (Phi) is 3.63. The molecule has 1 rings (SSSR count). The Morgan fingerprint density at radius 2 is 1.75 bits per heavy atom. The van der Waals surface area contributed by atoms with Gasteiger partial charge < -0.3 is 5.11 Å². The van der Waals surface area contributed by atoms with Crippen molar-refractivity contribution < 1.29 is 5.11 Å². The zero-order chi connectivity index (χ0) is 8.97. The zero-order valence-electron chi connectivity index (χ0n) is 7.40. The van der Waals surface area contributed by atoms with Crippen LogP contribution in [-0.4, -0.2) is 16.5 Å². The van der Waals surface area contributed by atoms with Crippen molar-refractivity contribution in [2.75, 3.05) is 0 Å². The van der Waals surface area contributed by atoms with E-state index in [1.807, 2.05) is 32.0 Å². The van der Waals surface area contributed by atoms with E-state index in [4.69, 9.17) is 0 Å². The first kappa shape index (κ1) is 9.62. The van der Waals surface area contributed by atoms with Crippen LogP contribution in [0.2, 0.25) is 0 Å². The Bertz CT molecular complexity index is 221. The summed E-state index contributed by atoms with van der Waals surface area (Å²) in [6.45, 7) is 3.85. The van der Waals surface area contributed by atoms with Gasteiger partial charge in [-0.25, -0.2) is 0 Å². The minimum absolute atomic E-state index is 0.254. The topological polar surface area (TPSA) is 20.2 Å². The average Bonchev–Trinajstić information content (AvgIpc) is 2.06. The van der Waals surface area contributed by atoms with E-state index in [0.717, 1.165) is 0 Å². The second kappa shape index (κ2) is 4.53. The Balaban J connectivity index is 2.53. The molecule has 2 heteroatoms. The first-order chi connectivity index (χ1) is 5.70. The highest BCUT2D eigenvalue weighted by atomic mass is 32.2. The molecule has 0 bridgehead atoms. The molecule has 0 aliphatic heterocycles. The molecule has 2 atom stereocenters. The summed E-state index contributed by atoms with van der Waals surface area (Å²) in [6, 6.07) is 10.1. The van der Waals surface area contributed by atoms with Crippen LogP contribution in [0.4, 0.5) is 0 Å². The molecule has 0 aliphatic rings. The summed E-state index contributed by atoms with van der Waals surface area (Å²) in [5, 5.41) is 9.52. The van der Waals surface area contributed by atoms with Gasteiger partial charge >= 0.3 is 0 Å². The first-order valence-corrected chi connectivity index (χ1v) is 4.98. The summed E-state index contributed by atoms with van der Waals surface area (Å²) in [5.74, 6) is 0. The van der Waals surface area contributed by atoms with E-state index in [2.05, 4.69) is 12.1 Å². The van der Waals surface area contributed by atoms with Crippen LogP contribution in [0, 0.1) is 0 Å². The molecular formula is C10H14OS. The molecule has 0 aliphatic carbocycles. The Morgan fingerprint density at radius 3 is 2.25 bits per heavy atom. The number of hydrogen-bond donors (Lipinski definition) is 1. The van der Waals surface area contributed by atoms with Gasteiger partial charge in [-0.05, 0) is 19.1 Å². The SMILES string of the molecule is C[C@@H](O)[C@@H](C)Sc1ccccc1. The predicted octanol–water partition coefficient (Wildman–Crippen LogP) is 2.55. The molecular weight excluding hydrogens is 168 g/mol. The van der Waals surface area contributed by atoms with Crippen molar-refractivity contribution in [1.29, 1.82) is 0 Å². The molecule has 0 saturated carbocycles. The quantitative estimate of drug-likeness (QED) is 0.725. The molecule has 0 spiro atoms. The minimum atomic E-state index is -0.254. The molecule has 0 heterocycles. The molecule has 1 aromatic carbocycles. The van der Waals surface area contributed by atoms with E-state index in [9.17, 15) is 5.11 Å². The first-order valence-electron chi connectivity index (χ1n) is 4.10. The Hall–Kier alpha value is -0.470. The molecule has 0 fully saturated rings. The van der Waals surface area contributed by atoms with Crippen molar-refractivity contribution in [3.63, 3.8) is 0 Å². The predicted molar refractivity (Wildman–Crippen MR) is 53.4 cm³/mol. The summed E-state index contributed by atoms with van der Waals surface area (Å²) in [7, 11) is 0. The fourth-order valence-electron chi connectivity index (χ4n) is 0.812. The molecule has 1 nitrogen and oxygen atoms in total. The standard InChI is InChI=1S/C10H14OS/c1-8(11)9(2)12-10-6-4-3-5-7-10/h3-9,11H,1-2H3/t8-,9-/m1/s1. The smallest absolute Gasteiger partial charge is 0.0631 e. The van der Waals surface area contributed by atoms with E-state index in [0.29, 0.717) is 0 Å². The monoisotopic (exact) mass is 182 g/mol. The normalized spacial score (nSPS) is 15.6. The largest absolute Gasteiger partial charge is 0.392 e. The van der Waals surface area contributed by atoms with Crippen molar-refractivity contribution in [3.05, 3.63) is 30.3 Å². The second-order valence-electron chi connectivity index (χ2n) is 2.88. The van der Waals surface area contributed by atoms with Crippen molar-refractivity contribution in [1.82, 2.24) is 0 Å². The third-order valence-electron chi connectivity index (χ3n) is 1.74. The zero-order valence-corrected chi connectivity index (χ0v) is 8.21. The van der Waals surface area contributed by atoms with Gasteiger partial charge in [0, 0.05) is 10.1 Å². The molecule has 1 N–H and O–H groups in total. The highest BCUT2D eigenvalue weighted by Crippen LogP contribution is 2.24. The number of aliphatic hydroxyl groups is 1. The van der Waals surface area contributed by atoms with Crippen LogP contribution < -0.4 is 0 Å². The van der Waals surface area contributed by atoms with Gasteiger partial charge in [-0.15, -0.1) is 11.8 Å². The Morgan fingerprint density at radius 1 is 1.17 bits per heavy atom. The van der Waals surface area contributed by atoms with Crippen LogP contribution in [-0.2, 0) is 0 Å². The van der Waals surface area contributed by atoms with Gasteiger partial charge in [-0.3, -0.25) is 0 Å².